The first-order chi connectivity index (χ1) is 19.6. The van der Waals surface area contributed by atoms with E-state index in [1.54, 1.807) is 44.6 Å². The van der Waals surface area contributed by atoms with Crippen molar-refractivity contribution in [2.24, 2.45) is 0 Å². The first-order valence-corrected chi connectivity index (χ1v) is 16.0. The number of methoxy groups -OCH3 is 1. The SMILES string of the molecule is COCOC1(c2ncc(C3=CCC(C)(S(=O)(=O)n4c(-c5ccc(N)cc5C)cc5cccnc54)C=C3Cl)s2)CCC1. The number of aryl methyl sites for hydroxylation is 1. The molecule has 2 aliphatic carbocycles. The Balaban J connectivity index is 1.38. The van der Waals surface area contributed by atoms with Gasteiger partial charge < -0.3 is 15.2 Å². The molecule has 0 spiro atoms. The largest absolute Gasteiger partial charge is 0.399 e. The molecule has 41 heavy (non-hydrogen) atoms. The summed E-state index contributed by atoms with van der Waals surface area (Å²) in [6.07, 6.45) is 10.0. The number of fused-ring (bicyclic) bond motifs is 1. The summed E-state index contributed by atoms with van der Waals surface area (Å²) >= 11 is 8.38. The molecule has 1 atom stereocenters. The Morgan fingerprint density at radius 2 is 2.00 bits per heavy atom. The van der Waals surface area contributed by atoms with Crippen LogP contribution in [0.15, 0.2) is 66.0 Å². The van der Waals surface area contributed by atoms with Crippen LogP contribution >= 0.6 is 22.9 Å². The van der Waals surface area contributed by atoms with Gasteiger partial charge in [0.25, 0.3) is 0 Å². The standard InChI is InChI=1S/C30H31ClN4O4S2/c1-19-14-21(32)7-8-22(19)25-15-20-6-4-13-33-27(20)35(25)41(36,37)29(2)12-9-23(24(31)16-29)26-17-34-28(40-26)30(10-5-11-30)39-18-38-3/h4,6-9,13-17H,5,10-12,18,32H2,1-3H3. The number of ether oxygens (including phenoxy) is 2. The van der Waals surface area contributed by atoms with Gasteiger partial charge in [-0.05, 0) is 81.5 Å². The van der Waals surface area contributed by atoms with Crippen LogP contribution in [0.1, 0.15) is 48.1 Å². The maximum atomic E-state index is 14.6. The fourth-order valence-corrected chi connectivity index (χ4v) is 9.01. The number of nitrogens with zero attached hydrogens (tertiary/aromatic N) is 3. The summed E-state index contributed by atoms with van der Waals surface area (Å²) in [7, 11) is -2.44. The van der Waals surface area contributed by atoms with E-state index in [1.165, 1.54) is 15.3 Å². The average molecular weight is 611 g/mol. The molecule has 11 heteroatoms. The normalized spacial score (nSPS) is 20.5. The number of aromatic nitrogens is 3. The molecule has 3 aromatic heterocycles. The molecule has 1 unspecified atom stereocenters. The highest BCUT2D eigenvalue weighted by molar-refractivity contribution is 7.91. The van der Waals surface area contributed by atoms with Gasteiger partial charge in [-0.3, -0.25) is 0 Å². The summed E-state index contributed by atoms with van der Waals surface area (Å²) in [6, 6.07) is 11.0. The van der Waals surface area contributed by atoms with Crippen molar-refractivity contribution in [1.29, 1.82) is 0 Å². The summed E-state index contributed by atoms with van der Waals surface area (Å²) < 4.78 is 40.3. The average Bonchev–Trinajstić information content (AvgIpc) is 3.54. The van der Waals surface area contributed by atoms with Crippen LogP contribution in [0.2, 0.25) is 0 Å². The van der Waals surface area contributed by atoms with Crippen LogP contribution in [0.4, 0.5) is 5.69 Å². The van der Waals surface area contributed by atoms with Crippen molar-refractivity contribution < 1.29 is 17.9 Å². The van der Waals surface area contributed by atoms with E-state index >= 15 is 0 Å². The highest BCUT2D eigenvalue weighted by Crippen LogP contribution is 2.48. The number of hydrogen-bond donors (Lipinski definition) is 1. The molecule has 2 N–H and O–H groups in total. The van der Waals surface area contributed by atoms with Gasteiger partial charge in [-0.2, -0.15) is 0 Å². The van der Waals surface area contributed by atoms with Crippen molar-refractivity contribution in [3.05, 3.63) is 81.4 Å². The molecule has 1 fully saturated rings. The monoisotopic (exact) mass is 610 g/mol. The zero-order valence-electron chi connectivity index (χ0n) is 23.1. The molecular formula is C30H31ClN4O4S2. The molecule has 4 aromatic rings. The molecule has 3 heterocycles. The zero-order chi connectivity index (χ0) is 29.0. The minimum Gasteiger partial charge on any atom is -0.399 e. The van der Waals surface area contributed by atoms with Gasteiger partial charge in [0.15, 0.2) is 5.65 Å². The minimum atomic E-state index is -4.04. The van der Waals surface area contributed by atoms with Crippen LogP contribution in [-0.2, 0) is 25.1 Å². The molecule has 1 aromatic carbocycles. The Labute approximate surface area is 248 Å². The van der Waals surface area contributed by atoms with Crippen LogP contribution in [0, 0.1) is 6.92 Å². The Kier molecular flexibility index (Phi) is 7.10. The second-order valence-corrected chi connectivity index (χ2v) is 14.5. The Morgan fingerprint density at radius 3 is 2.68 bits per heavy atom. The van der Waals surface area contributed by atoms with Gasteiger partial charge in [0, 0.05) is 46.7 Å². The molecular weight excluding hydrogens is 580 g/mol. The van der Waals surface area contributed by atoms with Crippen molar-refractivity contribution in [2.45, 2.75) is 49.9 Å². The van der Waals surface area contributed by atoms with Crippen molar-refractivity contribution >= 4 is 55.3 Å². The molecule has 6 rings (SSSR count). The van der Waals surface area contributed by atoms with E-state index in [2.05, 4.69) is 9.97 Å². The number of halogens is 1. The summed E-state index contributed by atoms with van der Waals surface area (Å²) in [6.45, 7) is 3.82. The highest BCUT2D eigenvalue weighted by Gasteiger charge is 2.45. The first kappa shape index (κ1) is 28.1. The van der Waals surface area contributed by atoms with Gasteiger partial charge >= 0.3 is 0 Å². The van der Waals surface area contributed by atoms with Crippen LogP contribution in [0.25, 0.3) is 27.9 Å². The van der Waals surface area contributed by atoms with Crippen LogP contribution in [0.3, 0.4) is 0 Å². The molecule has 0 aliphatic heterocycles. The number of pyridine rings is 1. The quantitative estimate of drug-likeness (QED) is 0.177. The predicted octanol–water partition coefficient (Wildman–Crippen LogP) is 6.60. The van der Waals surface area contributed by atoms with Crippen molar-refractivity contribution in [3.63, 3.8) is 0 Å². The number of thiazole rings is 1. The zero-order valence-corrected chi connectivity index (χ0v) is 25.4. The topological polar surface area (TPSA) is 109 Å². The van der Waals surface area contributed by atoms with Gasteiger partial charge in [0.1, 0.15) is 22.1 Å². The minimum absolute atomic E-state index is 0.204. The van der Waals surface area contributed by atoms with Crippen LogP contribution in [0.5, 0.6) is 0 Å². The smallest absolute Gasteiger partial charge is 0.250 e. The van der Waals surface area contributed by atoms with Gasteiger partial charge in [0.05, 0.1) is 10.6 Å². The van der Waals surface area contributed by atoms with Gasteiger partial charge in [-0.15, -0.1) is 11.3 Å². The van der Waals surface area contributed by atoms with E-state index in [9.17, 15) is 8.42 Å². The van der Waals surface area contributed by atoms with Gasteiger partial charge in [-0.25, -0.2) is 22.4 Å². The fourth-order valence-electron chi connectivity index (χ4n) is 5.53. The lowest BCUT2D eigenvalue weighted by Gasteiger charge is -2.39. The molecule has 0 saturated heterocycles. The third-order valence-electron chi connectivity index (χ3n) is 8.05. The van der Waals surface area contributed by atoms with Crippen LogP contribution < -0.4 is 5.73 Å². The maximum absolute atomic E-state index is 14.6. The van der Waals surface area contributed by atoms with E-state index < -0.39 is 20.4 Å². The Hall–Kier alpha value is -3.02. The second-order valence-electron chi connectivity index (χ2n) is 10.8. The van der Waals surface area contributed by atoms with Crippen molar-refractivity contribution in [2.75, 3.05) is 19.6 Å². The van der Waals surface area contributed by atoms with E-state index in [4.69, 9.17) is 26.8 Å². The number of nitrogens with two attached hydrogens (primary N) is 1. The lowest BCUT2D eigenvalue weighted by Crippen LogP contribution is -2.39. The first-order valence-electron chi connectivity index (χ1n) is 13.4. The van der Waals surface area contributed by atoms with Gasteiger partial charge in [0.2, 0.25) is 10.0 Å². The Morgan fingerprint density at radius 1 is 1.20 bits per heavy atom. The van der Waals surface area contributed by atoms with Gasteiger partial charge in [-0.1, -0.05) is 23.7 Å². The van der Waals surface area contributed by atoms with E-state index in [-0.39, 0.29) is 13.2 Å². The second kappa shape index (κ2) is 10.4. The molecule has 0 bridgehead atoms. The molecule has 214 valence electrons. The number of benzene rings is 1. The number of anilines is 1. The number of allylic oxidation sites excluding steroid dienone is 3. The lowest BCUT2D eigenvalue weighted by atomic mass is 9.80. The molecule has 1 saturated carbocycles. The number of rotatable bonds is 8. The highest BCUT2D eigenvalue weighted by atomic mass is 35.5. The number of nitrogen functional groups attached to an aromatic ring is 1. The van der Waals surface area contributed by atoms with E-state index in [0.29, 0.717) is 22.1 Å². The van der Waals surface area contributed by atoms with Crippen LogP contribution in [-0.4, -0.2) is 41.0 Å². The number of hydrogen-bond acceptors (Lipinski definition) is 8. The maximum Gasteiger partial charge on any atom is 0.250 e. The molecule has 2 aliphatic rings. The van der Waals surface area contributed by atoms with Crippen molar-refractivity contribution in [3.8, 4) is 11.3 Å². The summed E-state index contributed by atoms with van der Waals surface area (Å²) in [5, 5.41) is 1.98. The molecule has 0 radical (unpaired) electrons. The van der Waals surface area contributed by atoms with Crippen molar-refractivity contribution in [1.82, 2.24) is 13.9 Å². The van der Waals surface area contributed by atoms with E-state index in [1.807, 2.05) is 37.3 Å². The lowest BCUT2D eigenvalue weighted by molar-refractivity contribution is -0.171. The third-order valence-corrected chi connectivity index (χ3v) is 11.9. The summed E-state index contributed by atoms with van der Waals surface area (Å²) in [5.41, 5.74) is 9.49. The molecule has 8 nitrogen and oxygen atoms in total. The Bertz CT molecular complexity index is 1820. The fraction of sp³-hybridized carbons (Fsp3) is 0.333. The summed E-state index contributed by atoms with van der Waals surface area (Å²) in [4.78, 5) is 10.0. The van der Waals surface area contributed by atoms with E-state index in [0.717, 1.165) is 51.2 Å². The third kappa shape index (κ3) is 4.62. The summed E-state index contributed by atoms with van der Waals surface area (Å²) in [5.74, 6) is 0. The molecule has 0 amide bonds. The predicted molar refractivity (Wildman–Crippen MR) is 164 cm³/mol.